The molecule has 94 valence electrons. The molecule has 1 aliphatic rings. The quantitative estimate of drug-likeness (QED) is 0.851. The largest absolute Gasteiger partial charge is 0.490 e. The molecule has 3 heteroatoms. The van der Waals surface area contributed by atoms with Crippen LogP contribution in [-0.4, -0.2) is 12.5 Å². The first-order valence-corrected chi connectivity index (χ1v) is 6.13. The molecule has 0 aromatic heterocycles. The lowest BCUT2D eigenvalue weighted by atomic mass is 10.1. The Bertz CT molecular complexity index is 632. The van der Waals surface area contributed by atoms with Gasteiger partial charge in [-0.25, -0.2) is 0 Å². The predicted molar refractivity (Wildman–Crippen MR) is 75.0 cm³/mol. The number of fused-ring (bicyclic) bond motifs is 1. The standard InChI is InChI=1S/C16H13NO2/c18-16-14(13-8-4-5-9-15(13)17-16)10-11-19-12-6-2-1-3-7-12/h1-10H,11H2,(H,17,18)/b14-10+. The zero-order valence-electron chi connectivity index (χ0n) is 10.3. The first-order chi connectivity index (χ1) is 9.34. The van der Waals surface area contributed by atoms with Gasteiger partial charge in [-0.3, -0.25) is 4.79 Å². The van der Waals surface area contributed by atoms with E-state index in [2.05, 4.69) is 5.32 Å². The van der Waals surface area contributed by atoms with Crippen molar-refractivity contribution in [2.75, 3.05) is 11.9 Å². The van der Waals surface area contributed by atoms with Crippen molar-refractivity contribution in [2.45, 2.75) is 0 Å². The molecule has 1 amide bonds. The van der Waals surface area contributed by atoms with Gasteiger partial charge in [0.05, 0.1) is 0 Å². The lowest BCUT2D eigenvalue weighted by Gasteiger charge is -2.03. The third kappa shape index (κ3) is 2.36. The van der Waals surface area contributed by atoms with Gasteiger partial charge >= 0.3 is 0 Å². The maximum Gasteiger partial charge on any atom is 0.256 e. The van der Waals surface area contributed by atoms with Gasteiger partial charge in [-0.1, -0.05) is 36.4 Å². The molecule has 0 atom stereocenters. The van der Waals surface area contributed by atoms with E-state index in [4.69, 9.17) is 4.74 Å². The fourth-order valence-corrected chi connectivity index (χ4v) is 2.08. The molecule has 19 heavy (non-hydrogen) atoms. The average molecular weight is 251 g/mol. The normalized spacial score (nSPS) is 15.2. The molecule has 0 aliphatic carbocycles. The second kappa shape index (κ2) is 4.98. The third-order valence-corrected chi connectivity index (χ3v) is 2.99. The molecule has 3 rings (SSSR count). The minimum absolute atomic E-state index is 0.0714. The molecule has 0 fully saturated rings. The van der Waals surface area contributed by atoms with Gasteiger partial charge in [-0.05, 0) is 24.3 Å². The van der Waals surface area contributed by atoms with Crippen LogP contribution < -0.4 is 10.1 Å². The SMILES string of the molecule is O=C1Nc2ccccc2/C1=C\COc1ccccc1. The van der Waals surface area contributed by atoms with Gasteiger partial charge in [0, 0.05) is 16.8 Å². The fourth-order valence-electron chi connectivity index (χ4n) is 2.08. The highest BCUT2D eigenvalue weighted by Crippen LogP contribution is 2.30. The average Bonchev–Trinajstić information content (AvgIpc) is 2.76. The lowest BCUT2D eigenvalue weighted by Crippen LogP contribution is -2.05. The zero-order valence-corrected chi connectivity index (χ0v) is 10.3. The third-order valence-electron chi connectivity index (χ3n) is 2.99. The highest BCUT2D eigenvalue weighted by atomic mass is 16.5. The molecule has 0 saturated heterocycles. The van der Waals surface area contributed by atoms with E-state index in [9.17, 15) is 4.79 Å². The summed E-state index contributed by atoms with van der Waals surface area (Å²) in [5.74, 6) is 0.726. The highest BCUT2D eigenvalue weighted by molar-refractivity contribution is 6.31. The summed E-state index contributed by atoms with van der Waals surface area (Å²) in [7, 11) is 0. The molecule has 0 spiro atoms. The van der Waals surface area contributed by atoms with Crippen LogP contribution in [0.4, 0.5) is 5.69 Å². The summed E-state index contributed by atoms with van der Waals surface area (Å²) in [5.41, 5.74) is 2.47. The molecular weight excluding hydrogens is 238 g/mol. The number of nitrogens with one attached hydrogen (secondary N) is 1. The number of carbonyl (C=O) groups is 1. The van der Waals surface area contributed by atoms with Crippen LogP contribution in [0, 0.1) is 0 Å². The number of rotatable bonds is 3. The van der Waals surface area contributed by atoms with Crippen molar-refractivity contribution in [3.63, 3.8) is 0 Å². The van der Waals surface area contributed by atoms with Gasteiger partial charge in [0.15, 0.2) is 0 Å². The number of anilines is 1. The second-order valence-corrected chi connectivity index (χ2v) is 4.24. The van der Waals surface area contributed by atoms with E-state index in [1.54, 1.807) is 0 Å². The van der Waals surface area contributed by atoms with Gasteiger partial charge in [0.25, 0.3) is 5.91 Å². The molecule has 3 nitrogen and oxygen atoms in total. The van der Waals surface area contributed by atoms with Crippen LogP contribution in [0.1, 0.15) is 5.56 Å². The van der Waals surface area contributed by atoms with Crippen molar-refractivity contribution < 1.29 is 9.53 Å². The van der Waals surface area contributed by atoms with Crippen molar-refractivity contribution in [3.8, 4) is 5.75 Å². The first kappa shape index (κ1) is 11.5. The summed E-state index contributed by atoms with van der Waals surface area (Å²) < 4.78 is 5.57. The van der Waals surface area contributed by atoms with Crippen LogP contribution >= 0.6 is 0 Å². The Hall–Kier alpha value is -2.55. The van der Waals surface area contributed by atoms with E-state index in [1.165, 1.54) is 0 Å². The zero-order chi connectivity index (χ0) is 13.1. The molecule has 0 radical (unpaired) electrons. The second-order valence-electron chi connectivity index (χ2n) is 4.24. The molecule has 2 aromatic rings. The van der Waals surface area contributed by atoms with Gasteiger partial charge < -0.3 is 10.1 Å². The number of hydrogen-bond donors (Lipinski definition) is 1. The van der Waals surface area contributed by atoms with Crippen molar-refractivity contribution >= 4 is 17.2 Å². The van der Waals surface area contributed by atoms with Crippen LogP contribution in [0.15, 0.2) is 60.7 Å². The number of para-hydroxylation sites is 2. The molecule has 0 bridgehead atoms. The minimum Gasteiger partial charge on any atom is -0.490 e. The van der Waals surface area contributed by atoms with Gasteiger partial charge in [-0.2, -0.15) is 0 Å². The highest BCUT2D eigenvalue weighted by Gasteiger charge is 2.22. The van der Waals surface area contributed by atoms with Crippen LogP contribution in [-0.2, 0) is 4.79 Å². The van der Waals surface area contributed by atoms with Crippen LogP contribution in [0.25, 0.3) is 5.57 Å². The van der Waals surface area contributed by atoms with Gasteiger partial charge in [-0.15, -0.1) is 0 Å². The Morgan fingerprint density at radius 3 is 2.58 bits per heavy atom. The summed E-state index contributed by atoms with van der Waals surface area (Å²) in [6.07, 6.45) is 1.81. The van der Waals surface area contributed by atoms with Crippen molar-refractivity contribution in [3.05, 3.63) is 66.2 Å². The van der Waals surface area contributed by atoms with Crippen LogP contribution in [0.3, 0.4) is 0 Å². The molecule has 1 aliphatic heterocycles. The number of amides is 1. The monoisotopic (exact) mass is 251 g/mol. The Morgan fingerprint density at radius 1 is 1.00 bits per heavy atom. The maximum atomic E-state index is 11.8. The molecular formula is C16H13NO2. The smallest absolute Gasteiger partial charge is 0.256 e. The topological polar surface area (TPSA) is 38.3 Å². The predicted octanol–water partition coefficient (Wildman–Crippen LogP) is 3.10. The van der Waals surface area contributed by atoms with E-state index in [0.717, 1.165) is 17.0 Å². The summed E-state index contributed by atoms with van der Waals surface area (Å²) >= 11 is 0. The van der Waals surface area contributed by atoms with E-state index < -0.39 is 0 Å². The number of carbonyl (C=O) groups excluding carboxylic acids is 1. The lowest BCUT2D eigenvalue weighted by molar-refractivity contribution is -0.110. The van der Waals surface area contributed by atoms with Crippen molar-refractivity contribution in [2.24, 2.45) is 0 Å². The molecule has 0 unspecified atom stereocenters. The Kier molecular flexibility index (Phi) is 3.02. The molecule has 1 N–H and O–H groups in total. The number of ether oxygens (including phenoxy) is 1. The molecule has 2 aromatic carbocycles. The summed E-state index contributed by atoms with van der Waals surface area (Å²) in [6.45, 7) is 0.376. The summed E-state index contributed by atoms with van der Waals surface area (Å²) in [6, 6.07) is 17.2. The van der Waals surface area contributed by atoms with Gasteiger partial charge in [0.2, 0.25) is 0 Å². The number of benzene rings is 2. The molecule has 1 heterocycles. The molecule has 0 saturated carbocycles. The Labute approximate surface area is 111 Å². The van der Waals surface area contributed by atoms with E-state index in [0.29, 0.717) is 12.2 Å². The van der Waals surface area contributed by atoms with Crippen molar-refractivity contribution in [1.29, 1.82) is 0 Å². The Morgan fingerprint density at radius 2 is 1.74 bits per heavy atom. The Balaban J connectivity index is 1.76. The van der Waals surface area contributed by atoms with E-state index >= 15 is 0 Å². The van der Waals surface area contributed by atoms with Crippen LogP contribution in [0.2, 0.25) is 0 Å². The van der Waals surface area contributed by atoms with Crippen LogP contribution in [0.5, 0.6) is 5.75 Å². The summed E-state index contributed by atoms with van der Waals surface area (Å²) in [4.78, 5) is 11.8. The van der Waals surface area contributed by atoms with E-state index in [1.807, 2.05) is 60.7 Å². The number of hydrogen-bond acceptors (Lipinski definition) is 2. The fraction of sp³-hybridized carbons (Fsp3) is 0.0625. The first-order valence-electron chi connectivity index (χ1n) is 6.13. The van der Waals surface area contributed by atoms with Crippen molar-refractivity contribution in [1.82, 2.24) is 0 Å². The maximum absolute atomic E-state index is 11.8. The minimum atomic E-state index is -0.0714. The summed E-state index contributed by atoms with van der Waals surface area (Å²) in [5, 5.41) is 2.83. The van der Waals surface area contributed by atoms with Gasteiger partial charge in [0.1, 0.15) is 12.4 Å². The van der Waals surface area contributed by atoms with E-state index in [-0.39, 0.29) is 5.91 Å².